The first-order chi connectivity index (χ1) is 14.4. The van der Waals surface area contributed by atoms with Crippen molar-refractivity contribution in [3.05, 3.63) is 52.0 Å². The van der Waals surface area contributed by atoms with Gasteiger partial charge in [0.2, 0.25) is 11.8 Å². The van der Waals surface area contributed by atoms with Crippen LogP contribution in [0, 0.1) is 6.92 Å². The van der Waals surface area contributed by atoms with Crippen molar-refractivity contribution >= 4 is 29.1 Å². The fourth-order valence-corrected chi connectivity index (χ4v) is 5.01. The monoisotopic (exact) mass is 420 g/mol. The number of amides is 3. The molecule has 30 heavy (non-hydrogen) atoms. The predicted molar refractivity (Wildman–Crippen MR) is 113 cm³/mol. The predicted octanol–water partition coefficient (Wildman–Crippen LogP) is 2.89. The lowest BCUT2D eigenvalue weighted by Crippen LogP contribution is -2.52. The quantitative estimate of drug-likeness (QED) is 0.661. The number of rotatable bonds is 3. The molecule has 1 N–H and O–H groups in total. The summed E-state index contributed by atoms with van der Waals surface area (Å²) in [5.74, 6) is -0.845. The average molecular weight is 420 g/mol. The van der Waals surface area contributed by atoms with Gasteiger partial charge < -0.3 is 9.47 Å². The Bertz CT molecular complexity index is 1210. The van der Waals surface area contributed by atoms with Crippen molar-refractivity contribution in [2.24, 2.45) is 7.05 Å². The number of nitrogens with one attached hydrogen (secondary N) is 1. The van der Waals surface area contributed by atoms with Crippen LogP contribution < -0.4 is 5.32 Å². The molecule has 0 saturated carbocycles. The number of hydrogen-bond donors (Lipinski definition) is 1. The third-order valence-electron chi connectivity index (χ3n) is 5.85. The van der Waals surface area contributed by atoms with E-state index >= 15 is 0 Å². The van der Waals surface area contributed by atoms with Crippen molar-refractivity contribution in [1.82, 2.24) is 19.8 Å². The molecular weight excluding hydrogens is 400 g/mol. The molecule has 1 atom stereocenters. The van der Waals surface area contributed by atoms with Gasteiger partial charge in [0.15, 0.2) is 0 Å². The number of fused-ring (bicyclic) bond motifs is 1. The number of hydrogen-bond acceptors (Lipinski definition) is 5. The SMILES string of the molecule is Cc1sccc1-c1c(-c2ccc3c(c2)CN(C2CCC(=O)NC2=O)C3=O)ncn1C. The number of carbonyl (C=O) groups is 3. The normalized spacial score (nSPS) is 18.7. The van der Waals surface area contributed by atoms with Crippen LogP contribution in [-0.4, -0.2) is 38.2 Å². The molecule has 5 rings (SSSR count). The molecule has 3 amide bonds. The van der Waals surface area contributed by atoms with Gasteiger partial charge in [-0.1, -0.05) is 6.07 Å². The third kappa shape index (κ3) is 2.87. The Morgan fingerprint density at radius 2 is 2.00 bits per heavy atom. The van der Waals surface area contributed by atoms with Crippen molar-refractivity contribution in [2.45, 2.75) is 32.4 Å². The average Bonchev–Trinajstić information content (AvgIpc) is 3.39. The van der Waals surface area contributed by atoms with E-state index in [1.54, 1.807) is 22.6 Å². The lowest BCUT2D eigenvalue weighted by molar-refractivity contribution is -0.136. The number of benzene rings is 1. The molecule has 0 aliphatic carbocycles. The van der Waals surface area contributed by atoms with Crippen LogP contribution in [0.4, 0.5) is 0 Å². The van der Waals surface area contributed by atoms with E-state index < -0.39 is 11.9 Å². The van der Waals surface area contributed by atoms with Crippen LogP contribution in [0.2, 0.25) is 0 Å². The van der Waals surface area contributed by atoms with Crippen LogP contribution in [0.15, 0.2) is 36.0 Å². The topological polar surface area (TPSA) is 84.3 Å². The highest BCUT2D eigenvalue weighted by Gasteiger charge is 2.39. The summed E-state index contributed by atoms with van der Waals surface area (Å²) >= 11 is 1.70. The minimum Gasteiger partial charge on any atom is -0.333 e. The molecule has 0 radical (unpaired) electrons. The van der Waals surface area contributed by atoms with E-state index in [1.165, 1.54) is 4.88 Å². The highest BCUT2D eigenvalue weighted by atomic mass is 32.1. The van der Waals surface area contributed by atoms with Crippen LogP contribution in [-0.2, 0) is 23.2 Å². The van der Waals surface area contributed by atoms with Gasteiger partial charge in [0.1, 0.15) is 6.04 Å². The maximum atomic E-state index is 12.9. The van der Waals surface area contributed by atoms with Gasteiger partial charge in [0.25, 0.3) is 5.91 Å². The largest absolute Gasteiger partial charge is 0.333 e. The Hall–Kier alpha value is -3.26. The van der Waals surface area contributed by atoms with Crippen molar-refractivity contribution in [3.63, 3.8) is 0 Å². The van der Waals surface area contributed by atoms with Gasteiger partial charge in [-0.05, 0) is 42.5 Å². The van der Waals surface area contributed by atoms with Crippen LogP contribution in [0.5, 0.6) is 0 Å². The Labute approximate surface area is 177 Å². The second kappa shape index (κ2) is 6.91. The van der Waals surface area contributed by atoms with Crippen LogP contribution in [0.1, 0.15) is 33.6 Å². The molecule has 1 aromatic carbocycles. The molecule has 2 aromatic heterocycles. The summed E-state index contributed by atoms with van der Waals surface area (Å²) in [4.78, 5) is 44.0. The first-order valence-corrected chi connectivity index (χ1v) is 10.7. The molecule has 8 heteroatoms. The number of piperidine rings is 1. The zero-order chi connectivity index (χ0) is 21.0. The number of imide groups is 1. The Kier molecular flexibility index (Phi) is 4.32. The number of imidazole rings is 1. The van der Waals surface area contributed by atoms with E-state index in [4.69, 9.17) is 0 Å². The molecule has 1 unspecified atom stereocenters. The van der Waals surface area contributed by atoms with Gasteiger partial charge >= 0.3 is 0 Å². The molecule has 0 spiro atoms. The van der Waals surface area contributed by atoms with Crippen molar-refractivity contribution in [1.29, 1.82) is 0 Å². The van der Waals surface area contributed by atoms with E-state index in [-0.39, 0.29) is 18.2 Å². The fraction of sp³-hybridized carbons (Fsp3) is 0.273. The van der Waals surface area contributed by atoms with Gasteiger partial charge in [0, 0.05) is 41.6 Å². The highest BCUT2D eigenvalue weighted by Crippen LogP contribution is 2.37. The van der Waals surface area contributed by atoms with E-state index in [0.29, 0.717) is 18.5 Å². The minimum atomic E-state index is -0.607. The molecule has 1 fully saturated rings. The minimum absolute atomic E-state index is 0.166. The standard InChI is InChI=1S/C22H20N4O3S/c1-12-15(7-8-30-12)20-19(23-11-25(20)2)13-3-4-16-14(9-13)10-26(22(16)29)17-5-6-18(27)24-21(17)28/h3-4,7-9,11,17H,5-6,10H2,1-2H3,(H,24,27,28). The smallest absolute Gasteiger partial charge is 0.255 e. The van der Waals surface area contributed by atoms with Crippen LogP contribution >= 0.6 is 11.3 Å². The summed E-state index contributed by atoms with van der Waals surface area (Å²) in [6.07, 6.45) is 2.41. The summed E-state index contributed by atoms with van der Waals surface area (Å²) in [5, 5.41) is 4.41. The van der Waals surface area contributed by atoms with Crippen LogP contribution in [0.3, 0.4) is 0 Å². The summed E-state index contributed by atoms with van der Waals surface area (Å²) in [5.41, 5.74) is 5.48. The van der Waals surface area contributed by atoms with Gasteiger partial charge in [-0.3, -0.25) is 19.7 Å². The second-order valence-electron chi connectivity index (χ2n) is 7.72. The summed E-state index contributed by atoms with van der Waals surface area (Å²) < 4.78 is 2.01. The zero-order valence-electron chi connectivity index (χ0n) is 16.6. The number of thiophene rings is 1. The summed E-state index contributed by atoms with van der Waals surface area (Å²) in [6.45, 7) is 2.45. The van der Waals surface area contributed by atoms with Crippen molar-refractivity contribution in [3.8, 4) is 22.5 Å². The Balaban J connectivity index is 1.50. The van der Waals surface area contributed by atoms with Crippen LogP contribution in [0.25, 0.3) is 22.5 Å². The van der Waals surface area contributed by atoms with E-state index in [1.807, 2.05) is 29.8 Å². The highest BCUT2D eigenvalue weighted by molar-refractivity contribution is 7.10. The molecule has 7 nitrogen and oxygen atoms in total. The molecule has 4 heterocycles. The number of nitrogens with zero attached hydrogens (tertiary/aromatic N) is 3. The first kappa shape index (κ1) is 18.7. The number of aromatic nitrogens is 2. The van der Waals surface area contributed by atoms with E-state index in [0.717, 1.165) is 28.1 Å². The van der Waals surface area contributed by atoms with Gasteiger partial charge in [-0.25, -0.2) is 4.98 Å². The molecule has 2 aliphatic rings. The molecule has 3 aromatic rings. The molecule has 2 aliphatic heterocycles. The number of carbonyl (C=O) groups excluding carboxylic acids is 3. The Morgan fingerprint density at radius 1 is 1.17 bits per heavy atom. The van der Waals surface area contributed by atoms with Crippen molar-refractivity contribution < 1.29 is 14.4 Å². The lowest BCUT2D eigenvalue weighted by Gasteiger charge is -2.29. The number of aryl methyl sites for hydroxylation is 2. The van der Waals surface area contributed by atoms with Gasteiger partial charge in [-0.15, -0.1) is 11.3 Å². The van der Waals surface area contributed by atoms with E-state index in [2.05, 4.69) is 28.7 Å². The van der Waals surface area contributed by atoms with Crippen molar-refractivity contribution in [2.75, 3.05) is 0 Å². The van der Waals surface area contributed by atoms with Gasteiger partial charge in [0.05, 0.1) is 17.7 Å². The third-order valence-corrected chi connectivity index (χ3v) is 6.69. The maximum absolute atomic E-state index is 12.9. The van der Waals surface area contributed by atoms with E-state index in [9.17, 15) is 14.4 Å². The molecular formula is C22H20N4O3S. The summed E-state index contributed by atoms with van der Waals surface area (Å²) in [7, 11) is 1.98. The lowest BCUT2D eigenvalue weighted by atomic mass is 10.0. The first-order valence-electron chi connectivity index (χ1n) is 9.78. The Morgan fingerprint density at radius 3 is 2.73 bits per heavy atom. The molecule has 152 valence electrons. The molecule has 0 bridgehead atoms. The zero-order valence-corrected chi connectivity index (χ0v) is 17.5. The second-order valence-corrected chi connectivity index (χ2v) is 8.84. The fourth-order valence-electron chi connectivity index (χ4n) is 4.31. The maximum Gasteiger partial charge on any atom is 0.255 e. The summed E-state index contributed by atoms with van der Waals surface area (Å²) in [6, 6.07) is 7.22. The van der Waals surface area contributed by atoms with Gasteiger partial charge in [-0.2, -0.15) is 0 Å². The molecule has 1 saturated heterocycles.